The Labute approximate surface area is 321 Å². The van der Waals surface area contributed by atoms with Crippen molar-refractivity contribution < 1.29 is 4.74 Å². The zero-order valence-corrected chi connectivity index (χ0v) is 30.1. The van der Waals surface area contributed by atoms with Gasteiger partial charge in [0.2, 0.25) is 0 Å². The minimum Gasteiger partial charge on any atom is -0.457 e. The quantitative estimate of drug-likeness (QED) is 0.177. The van der Waals surface area contributed by atoms with Crippen LogP contribution in [0.5, 0.6) is 11.5 Å². The van der Waals surface area contributed by atoms with E-state index in [4.69, 9.17) is 4.74 Å². The predicted molar refractivity (Wildman–Crippen MR) is 227 cm³/mol. The van der Waals surface area contributed by atoms with Gasteiger partial charge in [-0.2, -0.15) is 0 Å². The summed E-state index contributed by atoms with van der Waals surface area (Å²) in [4.78, 5) is 2.38. The van der Waals surface area contributed by atoms with Gasteiger partial charge in [0.25, 0.3) is 0 Å². The molecular formula is C53H35NO. The Morgan fingerprint density at radius 3 is 1.65 bits per heavy atom. The number of hydrogen-bond donors (Lipinski definition) is 0. The number of nitrogens with zero attached hydrogens (tertiary/aromatic N) is 1. The second kappa shape index (κ2) is 12.5. The molecule has 1 aliphatic carbocycles. The van der Waals surface area contributed by atoms with Gasteiger partial charge in [0.1, 0.15) is 11.5 Å². The van der Waals surface area contributed by atoms with E-state index in [-0.39, 0.29) is 0 Å². The van der Waals surface area contributed by atoms with Crippen molar-refractivity contribution in [3.05, 3.63) is 235 Å². The molecule has 2 aliphatic rings. The van der Waals surface area contributed by atoms with Crippen molar-refractivity contribution >= 4 is 27.8 Å². The highest BCUT2D eigenvalue weighted by atomic mass is 16.5. The van der Waals surface area contributed by atoms with Crippen LogP contribution in [-0.2, 0) is 5.41 Å². The van der Waals surface area contributed by atoms with E-state index in [9.17, 15) is 0 Å². The maximum atomic E-state index is 6.56. The van der Waals surface area contributed by atoms with Crippen LogP contribution in [0.4, 0.5) is 17.1 Å². The largest absolute Gasteiger partial charge is 0.457 e. The summed E-state index contributed by atoms with van der Waals surface area (Å²) in [7, 11) is 0. The molecule has 0 bridgehead atoms. The minimum atomic E-state index is -0.496. The van der Waals surface area contributed by atoms with Gasteiger partial charge in [0.05, 0.1) is 5.41 Å². The van der Waals surface area contributed by atoms with E-state index in [2.05, 4.69) is 217 Å². The third-order valence-corrected chi connectivity index (χ3v) is 11.5. The molecule has 0 saturated carbocycles. The maximum absolute atomic E-state index is 6.56. The molecule has 0 fully saturated rings. The molecule has 9 aromatic carbocycles. The third-order valence-electron chi connectivity index (χ3n) is 11.5. The van der Waals surface area contributed by atoms with Gasteiger partial charge in [0, 0.05) is 28.2 Å². The number of ether oxygens (including phenoxy) is 1. The molecule has 258 valence electrons. The molecule has 9 aromatic rings. The van der Waals surface area contributed by atoms with Gasteiger partial charge in [0.15, 0.2) is 0 Å². The molecule has 1 spiro atoms. The SMILES string of the molecule is c1ccc(-c2ccc3ccccc3c2-c2ccc(N(c3ccccc3)c3ccc4c(c3)-c3ccccc3C43c4ccccc4Oc4ccccc43)cc2)cc1. The Hall–Kier alpha value is -7.16. The highest BCUT2D eigenvalue weighted by Crippen LogP contribution is 2.62. The lowest BCUT2D eigenvalue weighted by Crippen LogP contribution is -2.32. The molecule has 0 aromatic heterocycles. The van der Waals surface area contributed by atoms with E-state index in [1.807, 2.05) is 0 Å². The number of anilines is 3. The molecule has 0 radical (unpaired) electrons. The molecule has 11 rings (SSSR count). The first kappa shape index (κ1) is 31.4. The second-order valence-electron chi connectivity index (χ2n) is 14.4. The smallest absolute Gasteiger partial charge is 0.132 e. The molecule has 0 amide bonds. The molecule has 1 heterocycles. The number of hydrogen-bond acceptors (Lipinski definition) is 2. The van der Waals surface area contributed by atoms with Crippen LogP contribution in [0.2, 0.25) is 0 Å². The van der Waals surface area contributed by atoms with Gasteiger partial charge < -0.3 is 9.64 Å². The van der Waals surface area contributed by atoms with Crippen LogP contribution >= 0.6 is 0 Å². The van der Waals surface area contributed by atoms with E-state index in [1.165, 1.54) is 66.4 Å². The monoisotopic (exact) mass is 701 g/mol. The summed E-state index contributed by atoms with van der Waals surface area (Å²) >= 11 is 0. The fourth-order valence-corrected chi connectivity index (χ4v) is 9.23. The number of benzene rings is 9. The minimum absolute atomic E-state index is 0.496. The average molecular weight is 702 g/mol. The normalized spacial score (nSPS) is 13.0. The molecule has 2 nitrogen and oxygen atoms in total. The summed E-state index contributed by atoms with van der Waals surface area (Å²) in [6, 6.07) is 76.8. The van der Waals surface area contributed by atoms with Gasteiger partial charge in [-0.15, -0.1) is 0 Å². The van der Waals surface area contributed by atoms with Gasteiger partial charge in [-0.1, -0.05) is 164 Å². The second-order valence-corrected chi connectivity index (χ2v) is 14.4. The van der Waals surface area contributed by atoms with E-state index in [0.717, 1.165) is 28.6 Å². The molecule has 1 aliphatic heterocycles. The summed E-state index contributed by atoms with van der Waals surface area (Å²) in [5.74, 6) is 1.81. The zero-order valence-electron chi connectivity index (χ0n) is 30.1. The van der Waals surface area contributed by atoms with Crippen LogP contribution in [0.1, 0.15) is 22.3 Å². The number of para-hydroxylation sites is 3. The van der Waals surface area contributed by atoms with Crippen molar-refractivity contribution in [3.63, 3.8) is 0 Å². The van der Waals surface area contributed by atoms with E-state index >= 15 is 0 Å². The van der Waals surface area contributed by atoms with Crippen molar-refractivity contribution in [1.82, 2.24) is 0 Å². The van der Waals surface area contributed by atoms with E-state index < -0.39 is 5.41 Å². The average Bonchev–Trinajstić information content (AvgIpc) is 3.54. The Bertz CT molecular complexity index is 2850. The van der Waals surface area contributed by atoms with Crippen molar-refractivity contribution in [2.45, 2.75) is 5.41 Å². The highest BCUT2D eigenvalue weighted by molar-refractivity contribution is 6.04. The fourth-order valence-electron chi connectivity index (χ4n) is 9.23. The van der Waals surface area contributed by atoms with E-state index in [0.29, 0.717) is 0 Å². The van der Waals surface area contributed by atoms with Crippen LogP contribution in [0.3, 0.4) is 0 Å². The Balaban J connectivity index is 1.09. The first-order chi connectivity index (χ1) is 27.3. The van der Waals surface area contributed by atoms with Crippen LogP contribution in [0.25, 0.3) is 44.2 Å². The first-order valence-corrected chi connectivity index (χ1v) is 18.9. The van der Waals surface area contributed by atoms with Crippen LogP contribution in [-0.4, -0.2) is 0 Å². The lowest BCUT2D eigenvalue weighted by molar-refractivity contribution is 0.436. The fraction of sp³-hybridized carbons (Fsp3) is 0.0189. The summed E-state index contributed by atoms with van der Waals surface area (Å²) in [5.41, 5.74) is 15.1. The number of fused-ring (bicyclic) bond motifs is 10. The van der Waals surface area contributed by atoms with Crippen molar-refractivity contribution in [3.8, 4) is 44.9 Å². The Morgan fingerprint density at radius 1 is 0.345 bits per heavy atom. The highest BCUT2D eigenvalue weighted by Gasteiger charge is 2.51. The summed E-state index contributed by atoms with van der Waals surface area (Å²) < 4.78 is 6.56. The molecular weight excluding hydrogens is 667 g/mol. The van der Waals surface area contributed by atoms with Crippen LogP contribution < -0.4 is 9.64 Å². The van der Waals surface area contributed by atoms with E-state index in [1.54, 1.807) is 0 Å². The predicted octanol–water partition coefficient (Wildman–Crippen LogP) is 14.1. The van der Waals surface area contributed by atoms with Gasteiger partial charge in [-0.25, -0.2) is 0 Å². The number of rotatable bonds is 5. The van der Waals surface area contributed by atoms with Crippen LogP contribution in [0, 0.1) is 0 Å². The summed E-state index contributed by atoms with van der Waals surface area (Å²) in [6.07, 6.45) is 0. The van der Waals surface area contributed by atoms with Gasteiger partial charge in [-0.05, 0) is 104 Å². The summed E-state index contributed by atoms with van der Waals surface area (Å²) in [5, 5.41) is 2.48. The lowest BCUT2D eigenvalue weighted by atomic mass is 9.66. The van der Waals surface area contributed by atoms with Gasteiger partial charge in [-0.3, -0.25) is 0 Å². The summed E-state index contributed by atoms with van der Waals surface area (Å²) in [6.45, 7) is 0. The topological polar surface area (TPSA) is 12.5 Å². The third kappa shape index (κ3) is 4.75. The van der Waals surface area contributed by atoms with Crippen LogP contribution in [0.15, 0.2) is 212 Å². The maximum Gasteiger partial charge on any atom is 0.132 e. The molecule has 0 unspecified atom stereocenters. The standard InChI is InChI=1S/C53H35NO/c1-3-15-36(16-4-1)43-33-29-37-17-7-8-20-42(37)52(43)38-27-30-40(31-28-38)54(39-18-5-2-6-19-39)41-32-34-47-45(35-41)44-21-9-10-22-46(44)53(47)48-23-11-13-25-50(48)55-51-26-14-12-24-49(51)53/h1-35H. The van der Waals surface area contributed by atoms with Crippen molar-refractivity contribution in [1.29, 1.82) is 0 Å². The first-order valence-electron chi connectivity index (χ1n) is 18.9. The molecule has 0 saturated heterocycles. The van der Waals surface area contributed by atoms with Crippen molar-refractivity contribution in [2.75, 3.05) is 4.90 Å². The molecule has 55 heavy (non-hydrogen) atoms. The lowest BCUT2D eigenvalue weighted by Gasteiger charge is -2.39. The molecule has 0 N–H and O–H groups in total. The molecule has 2 heteroatoms. The molecule has 0 atom stereocenters. The Kier molecular flexibility index (Phi) is 7.11. The Morgan fingerprint density at radius 2 is 0.909 bits per heavy atom. The van der Waals surface area contributed by atoms with Crippen molar-refractivity contribution in [2.24, 2.45) is 0 Å². The zero-order chi connectivity index (χ0) is 36.3. The van der Waals surface area contributed by atoms with Gasteiger partial charge >= 0.3 is 0 Å².